The Morgan fingerprint density at radius 2 is 1.97 bits per heavy atom. The van der Waals surface area contributed by atoms with Crippen molar-refractivity contribution in [3.8, 4) is 11.6 Å². The minimum atomic E-state index is -0.351. The molecule has 0 unspecified atom stereocenters. The lowest BCUT2D eigenvalue weighted by Crippen LogP contribution is -2.36. The summed E-state index contributed by atoms with van der Waals surface area (Å²) >= 11 is 0. The summed E-state index contributed by atoms with van der Waals surface area (Å²) in [5.74, 6) is 2.02. The standard InChI is InChI=1S/C22H26FN5O2/c1-4-19-18(20(5-2)30-28-19)14-27-22(24-3)26-13-15-9-10-21(25-12-15)29-17-8-6-7-16(23)11-17/h6-12H,4-5,13-14H2,1-3H3,(H2,24,26,27). The summed E-state index contributed by atoms with van der Waals surface area (Å²) in [4.78, 5) is 8.53. The normalized spacial score (nSPS) is 11.4. The van der Waals surface area contributed by atoms with Crippen LogP contribution in [-0.2, 0) is 25.9 Å². The van der Waals surface area contributed by atoms with E-state index in [0.29, 0.717) is 30.7 Å². The van der Waals surface area contributed by atoms with Crippen LogP contribution < -0.4 is 15.4 Å². The fourth-order valence-electron chi connectivity index (χ4n) is 2.94. The highest BCUT2D eigenvalue weighted by Crippen LogP contribution is 2.20. The lowest BCUT2D eigenvalue weighted by atomic mass is 10.1. The summed E-state index contributed by atoms with van der Waals surface area (Å²) in [6.45, 7) is 5.24. The van der Waals surface area contributed by atoms with Crippen LogP contribution in [0.1, 0.15) is 36.4 Å². The van der Waals surface area contributed by atoms with Crippen molar-refractivity contribution in [2.75, 3.05) is 7.05 Å². The fourth-order valence-corrected chi connectivity index (χ4v) is 2.94. The summed E-state index contributed by atoms with van der Waals surface area (Å²) < 4.78 is 24.2. The number of rotatable bonds is 8. The number of aromatic nitrogens is 2. The van der Waals surface area contributed by atoms with Gasteiger partial charge < -0.3 is 19.9 Å². The molecule has 8 heteroatoms. The summed E-state index contributed by atoms with van der Waals surface area (Å²) in [6, 6.07) is 9.59. The molecule has 0 saturated heterocycles. The number of halogens is 1. The van der Waals surface area contributed by atoms with Crippen LogP contribution in [0.3, 0.4) is 0 Å². The van der Waals surface area contributed by atoms with Crippen molar-refractivity contribution in [3.05, 3.63) is 71.0 Å². The van der Waals surface area contributed by atoms with E-state index in [0.717, 1.165) is 35.4 Å². The molecule has 0 saturated carbocycles. The van der Waals surface area contributed by atoms with Gasteiger partial charge in [-0.05, 0) is 24.1 Å². The first-order valence-corrected chi connectivity index (χ1v) is 9.92. The van der Waals surface area contributed by atoms with Gasteiger partial charge in [0.2, 0.25) is 5.88 Å². The Kier molecular flexibility index (Phi) is 7.37. The Hall–Kier alpha value is -3.42. The number of guanidine groups is 1. The molecule has 0 spiro atoms. The van der Waals surface area contributed by atoms with Gasteiger partial charge in [-0.1, -0.05) is 31.1 Å². The third-order valence-corrected chi connectivity index (χ3v) is 4.54. The molecule has 1 aromatic carbocycles. The number of nitrogens with zero attached hydrogens (tertiary/aromatic N) is 3. The molecule has 0 aliphatic heterocycles. The Bertz CT molecular complexity index is 964. The molecule has 0 aliphatic carbocycles. The predicted molar refractivity (Wildman–Crippen MR) is 113 cm³/mol. The van der Waals surface area contributed by atoms with E-state index in [2.05, 4.69) is 32.7 Å². The first-order chi connectivity index (χ1) is 14.6. The molecule has 0 bridgehead atoms. The Balaban J connectivity index is 1.53. The van der Waals surface area contributed by atoms with Gasteiger partial charge in [-0.3, -0.25) is 4.99 Å². The number of ether oxygens (including phenoxy) is 1. The molecular formula is C22H26FN5O2. The number of hydrogen-bond acceptors (Lipinski definition) is 5. The van der Waals surface area contributed by atoms with E-state index in [4.69, 9.17) is 9.26 Å². The van der Waals surface area contributed by atoms with E-state index in [1.54, 1.807) is 31.4 Å². The summed E-state index contributed by atoms with van der Waals surface area (Å²) in [7, 11) is 1.72. The van der Waals surface area contributed by atoms with Crippen LogP contribution in [0.25, 0.3) is 0 Å². The molecule has 0 radical (unpaired) electrons. The number of aryl methyl sites for hydroxylation is 2. The van der Waals surface area contributed by atoms with Crippen molar-refractivity contribution in [1.82, 2.24) is 20.8 Å². The van der Waals surface area contributed by atoms with Crippen molar-refractivity contribution in [3.63, 3.8) is 0 Å². The molecule has 158 valence electrons. The van der Waals surface area contributed by atoms with Crippen molar-refractivity contribution >= 4 is 5.96 Å². The lowest BCUT2D eigenvalue weighted by molar-refractivity contribution is 0.380. The van der Waals surface area contributed by atoms with Gasteiger partial charge in [0.25, 0.3) is 0 Å². The second-order valence-corrected chi connectivity index (χ2v) is 6.58. The highest BCUT2D eigenvalue weighted by Gasteiger charge is 2.13. The minimum Gasteiger partial charge on any atom is -0.439 e. The fraction of sp³-hybridized carbons (Fsp3) is 0.318. The molecule has 0 fully saturated rings. The molecule has 2 aromatic heterocycles. The maximum atomic E-state index is 13.2. The predicted octanol–water partition coefficient (Wildman–Crippen LogP) is 3.99. The quantitative estimate of drug-likeness (QED) is 0.431. The van der Waals surface area contributed by atoms with Crippen molar-refractivity contribution in [2.24, 2.45) is 4.99 Å². The number of hydrogen-bond donors (Lipinski definition) is 2. The topological polar surface area (TPSA) is 84.6 Å². The lowest BCUT2D eigenvalue weighted by Gasteiger charge is -2.12. The zero-order valence-electron chi connectivity index (χ0n) is 17.4. The van der Waals surface area contributed by atoms with Crippen molar-refractivity contribution in [1.29, 1.82) is 0 Å². The molecule has 0 atom stereocenters. The molecule has 0 aliphatic rings. The van der Waals surface area contributed by atoms with Gasteiger partial charge in [0.05, 0.1) is 5.69 Å². The van der Waals surface area contributed by atoms with Crippen LogP contribution in [0, 0.1) is 5.82 Å². The third-order valence-electron chi connectivity index (χ3n) is 4.54. The molecule has 3 aromatic rings. The van der Waals surface area contributed by atoms with E-state index in [1.807, 2.05) is 13.0 Å². The number of benzene rings is 1. The maximum absolute atomic E-state index is 13.2. The third kappa shape index (κ3) is 5.56. The smallest absolute Gasteiger partial charge is 0.219 e. The van der Waals surface area contributed by atoms with Crippen LogP contribution in [0.2, 0.25) is 0 Å². The van der Waals surface area contributed by atoms with Gasteiger partial charge in [-0.25, -0.2) is 9.37 Å². The largest absolute Gasteiger partial charge is 0.439 e. The number of pyridine rings is 1. The van der Waals surface area contributed by atoms with Gasteiger partial charge in [0, 0.05) is 50.5 Å². The number of aliphatic imine (C=N–C) groups is 1. The summed E-state index contributed by atoms with van der Waals surface area (Å²) in [5.41, 5.74) is 3.01. The maximum Gasteiger partial charge on any atom is 0.219 e. The summed E-state index contributed by atoms with van der Waals surface area (Å²) in [5, 5.41) is 10.7. The van der Waals surface area contributed by atoms with Gasteiger partial charge in [-0.2, -0.15) is 0 Å². The molecule has 2 N–H and O–H groups in total. The van der Waals surface area contributed by atoms with Crippen molar-refractivity contribution in [2.45, 2.75) is 39.8 Å². The van der Waals surface area contributed by atoms with Crippen molar-refractivity contribution < 1.29 is 13.7 Å². The van der Waals surface area contributed by atoms with E-state index in [1.165, 1.54) is 12.1 Å². The van der Waals surface area contributed by atoms with Gasteiger partial charge >= 0.3 is 0 Å². The highest BCUT2D eigenvalue weighted by molar-refractivity contribution is 5.79. The summed E-state index contributed by atoms with van der Waals surface area (Å²) in [6.07, 6.45) is 3.33. The SMILES string of the molecule is CCc1noc(CC)c1CNC(=NC)NCc1ccc(Oc2cccc(F)c2)nc1. The van der Waals surface area contributed by atoms with E-state index in [-0.39, 0.29) is 5.82 Å². The first-order valence-electron chi connectivity index (χ1n) is 9.92. The Morgan fingerprint density at radius 1 is 1.13 bits per heavy atom. The Labute approximate surface area is 175 Å². The molecular weight excluding hydrogens is 385 g/mol. The van der Waals surface area contributed by atoms with Crippen LogP contribution in [0.15, 0.2) is 52.1 Å². The molecule has 7 nitrogen and oxygen atoms in total. The molecule has 3 rings (SSSR count). The average Bonchev–Trinajstić information content (AvgIpc) is 3.17. The van der Waals surface area contributed by atoms with Gasteiger partial charge in [0.1, 0.15) is 17.3 Å². The zero-order valence-corrected chi connectivity index (χ0v) is 17.4. The Morgan fingerprint density at radius 3 is 2.63 bits per heavy atom. The highest BCUT2D eigenvalue weighted by atomic mass is 19.1. The average molecular weight is 411 g/mol. The first kappa shape index (κ1) is 21.3. The molecule has 2 heterocycles. The second kappa shape index (κ2) is 10.4. The van der Waals surface area contributed by atoms with Crippen LogP contribution in [-0.4, -0.2) is 23.1 Å². The van der Waals surface area contributed by atoms with Crippen LogP contribution >= 0.6 is 0 Å². The van der Waals surface area contributed by atoms with Crippen LogP contribution in [0.4, 0.5) is 4.39 Å². The van der Waals surface area contributed by atoms with E-state index in [9.17, 15) is 4.39 Å². The zero-order chi connectivity index (χ0) is 21.3. The monoisotopic (exact) mass is 411 g/mol. The van der Waals surface area contributed by atoms with Crippen LogP contribution in [0.5, 0.6) is 11.6 Å². The van der Waals surface area contributed by atoms with Gasteiger partial charge in [0.15, 0.2) is 5.96 Å². The van der Waals surface area contributed by atoms with E-state index < -0.39 is 0 Å². The molecule has 0 amide bonds. The van der Waals surface area contributed by atoms with E-state index >= 15 is 0 Å². The minimum absolute atomic E-state index is 0.351. The second-order valence-electron chi connectivity index (χ2n) is 6.58. The molecule has 30 heavy (non-hydrogen) atoms. The number of nitrogens with one attached hydrogen (secondary N) is 2. The van der Waals surface area contributed by atoms with Gasteiger partial charge in [-0.15, -0.1) is 0 Å².